The molecule has 0 unspecified atom stereocenters. The SMILES string of the molecule is COc1cc(C(=O)Nc2nc(CN3CCC[C@H](C)C3)cs2)c([N+](=O)[O-])cc1OC. The standard InChI is InChI=1S/C19H24N4O5S/c1-12-5-4-6-22(9-12)10-13-11-29-19(20-13)21-18(24)14-7-16(27-2)17(28-3)8-15(14)23(25)26/h7-8,11-12H,4-6,9-10H2,1-3H3,(H,20,21,24)/t12-/m0/s1. The van der Waals surface area contributed by atoms with Gasteiger partial charge in [-0.25, -0.2) is 4.98 Å². The molecule has 1 aliphatic rings. The molecule has 29 heavy (non-hydrogen) atoms. The van der Waals surface area contributed by atoms with Gasteiger partial charge in [0.05, 0.1) is 30.9 Å². The third-order valence-corrected chi connectivity index (χ3v) is 5.65. The van der Waals surface area contributed by atoms with E-state index >= 15 is 0 Å². The van der Waals surface area contributed by atoms with Gasteiger partial charge in [0.25, 0.3) is 11.6 Å². The first-order valence-electron chi connectivity index (χ1n) is 9.29. The Kier molecular flexibility index (Phi) is 6.65. The fourth-order valence-electron chi connectivity index (χ4n) is 3.46. The van der Waals surface area contributed by atoms with Gasteiger partial charge in [-0.3, -0.25) is 25.1 Å². The molecule has 1 atom stereocenters. The van der Waals surface area contributed by atoms with E-state index in [0.717, 1.165) is 25.3 Å². The van der Waals surface area contributed by atoms with Gasteiger partial charge in [0.1, 0.15) is 5.56 Å². The largest absolute Gasteiger partial charge is 0.493 e. The van der Waals surface area contributed by atoms with Crippen LogP contribution in [0.1, 0.15) is 35.8 Å². The number of carbonyl (C=O) groups excluding carboxylic acids is 1. The maximum absolute atomic E-state index is 12.7. The van der Waals surface area contributed by atoms with Crippen LogP contribution in [0.3, 0.4) is 0 Å². The first kappa shape index (κ1) is 21.0. The van der Waals surface area contributed by atoms with Crippen LogP contribution in [-0.4, -0.2) is 48.0 Å². The number of hydrogen-bond donors (Lipinski definition) is 1. The van der Waals surface area contributed by atoms with Crippen LogP contribution in [0.15, 0.2) is 17.5 Å². The summed E-state index contributed by atoms with van der Waals surface area (Å²) in [6.07, 6.45) is 2.43. The molecule has 2 heterocycles. The molecule has 0 radical (unpaired) electrons. The van der Waals surface area contributed by atoms with Gasteiger partial charge in [-0.05, 0) is 25.3 Å². The molecule has 0 aliphatic carbocycles. The molecule has 3 rings (SSSR count). The second kappa shape index (κ2) is 9.19. The molecule has 1 saturated heterocycles. The van der Waals surface area contributed by atoms with Gasteiger partial charge in [-0.2, -0.15) is 0 Å². The number of amides is 1. The number of nitrogens with zero attached hydrogens (tertiary/aromatic N) is 3. The lowest BCUT2D eigenvalue weighted by atomic mass is 10.0. The zero-order valence-corrected chi connectivity index (χ0v) is 17.5. The van der Waals surface area contributed by atoms with E-state index in [4.69, 9.17) is 9.47 Å². The molecule has 9 nitrogen and oxygen atoms in total. The highest BCUT2D eigenvalue weighted by atomic mass is 32.1. The Labute approximate surface area is 172 Å². The van der Waals surface area contributed by atoms with E-state index in [9.17, 15) is 14.9 Å². The van der Waals surface area contributed by atoms with Crippen LogP contribution in [0.2, 0.25) is 0 Å². The Morgan fingerprint density at radius 3 is 2.76 bits per heavy atom. The number of benzene rings is 1. The molecular weight excluding hydrogens is 396 g/mol. The van der Waals surface area contributed by atoms with Crippen molar-refractivity contribution < 1.29 is 19.2 Å². The van der Waals surface area contributed by atoms with E-state index in [-0.39, 0.29) is 22.7 Å². The third kappa shape index (κ3) is 5.01. The van der Waals surface area contributed by atoms with E-state index in [1.807, 2.05) is 5.38 Å². The summed E-state index contributed by atoms with van der Waals surface area (Å²) in [7, 11) is 2.78. The fraction of sp³-hybridized carbons (Fsp3) is 0.474. The number of nitro benzene ring substituents is 1. The summed E-state index contributed by atoms with van der Waals surface area (Å²) in [6.45, 7) is 5.06. The number of likely N-dealkylation sites (tertiary alicyclic amines) is 1. The van der Waals surface area contributed by atoms with E-state index in [1.165, 1.54) is 50.5 Å². The highest BCUT2D eigenvalue weighted by molar-refractivity contribution is 7.14. The number of nitrogens with one attached hydrogen (secondary N) is 1. The van der Waals surface area contributed by atoms with Crippen molar-refractivity contribution in [1.29, 1.82) is 0 Å². The van der Waals surface area contributed by atoms with Crippen LogP contribution >= 0.6 is 11.3 Å². The number of piperidine rings is 1. The highest BCUT2D eigenvalue weighted by Crippen LogP contribution is 2.35. The summed E-state index contributed by atoms with van der Waals surface area (Å²) >= 11 is 1.30. The van der Waals surface area contributed by atoms with Crippen molar-refractivity contribution in [3.05, 3.63) is 38.9 Å². The summed E-state index contributed by atoms with van der Waals surface area (Å²) in [5.74, 6) is 0.475. The van der Waals surface area contributed by atoms with Crippen molar-refractivity contribution in [1.82, 2.24) is 9.88 Å². The molecule has 1 amide bonds. The normalized spacial score (nSPS) is 17.0. The Balaban J connectivity index is 1.75. The predicted molar refractivity (Wildman–Crippen MR) is 110 cm³/mol. The van der Waals surface area contributed by atoms with E-state index in [0.29, 0.717) is 11.0 Å². The number of carbonyl (C=O) groups is 1. The highest BCUT2D eigenvalue weighted by Gasteiger charge is 2.25. The lowest BCUT2D eigenvalue weighted by Gasteiger charge is -2.30. The molecule has 1 aromatic carbocycles. The van der Waals surface area contributed by atoms with Crippen LogP contribution in [0.4, 0.5) is 10.8 Å². The van der Waals surface area contributed by atoms with Gasteiger partial charge < -0.3 is 9.47 Å². The van der Waals surface area contributed by atoms with Gasteiger partial charge in [0.2, 0.25) is 0 Å². The van der Waals surface area contributed by atoms with Crippen LogP contribution in [-0.2, 0) is 6.54 Å². The zero-order chi connectivity index (χ0) is 21.0. The van der Waals surface area contributed by atoms with Crippen LogP contribution in [0, 0.1) is 16.0 Å². The number of hydrogen-bond acceptors (Lipinski definition) is 8. The maximum atomic E-state index is 12.7. The number of aromatic nitrogens is 1. The first-order valence-corrected chi connectivity index (χ1v) is 10.2. The summed E-state index contributed by atoms with van der Waals surface area (Å²) in [6, 6.07) is 2.48. The molecule has 1 fully saturated rings. The monoisotopic (exact) mass is 420 g/mol. The Morgan fingerprint density at radius 1 is 1.38 bits per heavy atom. The van der Waals surface area contributed by atoms with Gasteiger partial charge in [0, 0.05) is 24.5 Å². The maximum Gasteiger partial charge on any atom is 0.286 e. The number of rotatable bonds is 7. The van der Waals surface area contributed by atoms with Crippen LogP contribution in [0.25, 0.3) is 0 Å². The third-order valence-electron chi connectivity index (χ3n) is 4.84. The molecule has 1 N–H and O–H groups in total. The quantitative estimate of drug-likeness (QED) is 0.539. The van der Waals surface area contributed by atoms with Crippen LogP contribution in [0.5, 0.6) is 11.5 Å². The predicted octanol–water partition coefficient (Wildman–Crippen LogP) is 3.55. The van der Waals surface area contributed by atoms with Crippen molar-refractivity contribution in [3.8, 4) is 11.5 Å². The summed E-state index contributed by atoms with van der Waals surface area (Å²) in [5.41, 5.74) is 0.398. The number of nitro groups is 1. The second-order valence-corrected chi connectivity index (χ2v) is 7.92. The summed E-state index contributed by atoms with van der Waals surface area (Å²) in [4.78, 5) is 30.3. The zero-order valence-electron chi connectivity index (χ0n) is 16.6. The molecule has 0 spiro atoms. The minimum absolute atomic E-state index is 0.116. The molecule has 156 valence electrons. The lowest BCUT2D eigenvalue weighted by Crippen LogP contribution is -2.33. The van der Waals surface area contributed by atoms with Gasteiger partial charge in [0.15, 0.2) is 16.6 Å². The molecule has 2 aromatic rings. The minimum atomic E-state index is -0.623. The van der Waals surface area contributed by atoms with Crippen molar-refractivity contribution in [2.45, 2.75) is 26.3 Å². The number of ether oxygens (including phenoxy) is 2. The Bertz CT molecular complexity index is 901. The number of thiazole rings is 1. The molecular formula is C19H24N4O5S. The second-order valence-electron chi connectivity index (χ2n) is 7.06. The van der Waals surface area contributed by atoms with E-state index in [2.05, 4.69) is 22.1 Å². The van der Waals surface area contributed by atoms with E-state index < -0.39 is 10.8 Å². The summed E-state index contributed by atoms with van der Waals surface area (Å²) < 4.78 is 10.3. The molecule has 0 bridgehead atoms. The molecule has 1 aliphatic heterocycles. The smallest absolute Gasteiger partial charge is 0.286 e. The van der Waals surface area contributed by atoms with Gasteiger partial charge in [-0.1, -0.05) is 6.92 Å². The van der Waals surface area contributed by atoms with E-state index in [1.54, 1.807) is 0 Å². The Morgan fingerprint density at radius 2 is 2.10 bits per heavy atom. The molecule has 1 aromatic heterocycles. The molecule has 0 saturated carbocycles. The van der Waals surface area contributed by atoms with Crippen molar-refractivity contribution in [3.63, 3.8) is 0 Å². The number of anilines is 1. The topological polar surface area (TPSA) is 107 Å². The fourth-order valence-corrected chi connectivity index (χ4v) is 4.16. The van der Waals surface area contributed by atoms with Gasteiger partial charge >= 0.3 is 0 Å². The average molecular weight is 420 g/mol. The van der Waals surface area contributed by atoms with Crippen LogP contribution < -0.4 is 14.8 Å². The van der Waals surface area contributed by atoms with Crippen molar-refractivity contribution in [2.75, 3.05) is 32.6 Å². The molecule has 10 heteroatoms. The summed E-state index contributed by atoms with van der Waals surface area (Å²) in [5, 5.41) is 16.4. The first-order chi connectivity index (χ1) is 13.9. The number of methoxy groups -OCH3 is 2. The van der Waals surface area contributed by atoms with Crippen molar-refractivity contribution >= 4 is 28.1 Å². The van der Waals surface area contributed by atoms with Crippen molar-refractivity contribution in [2.24, 2.45) is 5.92 Å². The van der Waals surface area contributed by atoms with Gasteiger partial charge in [-0.15, -0.1) is 11.3 Å². The minimum Gasteiger partial charge on any atom is -0.493 e. The average Bonchev–Trinajstić information content (AvgIpc) is 3.13. The lowest BCUT2D eigenvalue weighted by molar-refractivity contribution is -0.385. The Hall–Kier alpha value is -2.72.